The lowest BCUT2D eigenvalue weighted by atomic mass is 10.0. The Morgan fingerprint density at radius 1 is 1.31 bits per heavy atom. The van der Waals surface area contributed by atoms with E-state index in [0.29, 0.717) is 12.1 Å². The Labute approximate surface area is 96.4 Å². The fourth-order valence-electron chi connectivity index (χ4n) is 2.79. The molecule has 2 atom stereocenters. The Morgan fingerprint density at radius 2 is 2.19 bits per heavy atom. The van der Waals surface area contributed by atoms with Gasteiger partial charge >= 0.3 is 0 Å². The Bertz CT molecular complexity index is 380. The molecule has 2 heterocycles. The van der Waals surface area contributed by atoms with E-state index in [0.717, 1.165) is 31.9 Å². The molecule has 3 nitrogen and oxygen atoms in total. The predicted octanol–water partition coefficient (Wildman–Crippen LogP) is 1.64. The van der Waals surface area contributed by atoms with Gasteiger partial charge in [0, 0.05) is 31.6 Å². The molecule has 0 spiro atoms. The molecule has 0 aromatic heterocycles. The van der Waals surface area contributed by atoms with E-state index in [9.17, 15) is 0 Å². The van der Waals surface area contributed by atoms with Gasteiger partial charge in [-0.1, -0.05) is 12.1 Å². The number of hydrogen-bond acceptors (Lipinski definition) is 3. The SMILES string of the molecule is CC1CNC[C@@H]2CCOc3ccccc3N12. The standard InChI is InChI=1S/C13H18N2O/c1-10-8-14-9-11-6-7-16-13-5-3-2-4-12(13)15(10)11/h2-5,10-11,14H,6-9H2,1H3/t10?,11-/m0/s1. The van der Waals surface area contributed by atoms with Gasteiger partial charge in [-0.3, -0.25) is 0 Å². The maximum Gasteiger partial charge on any atom is 0.142 e. The van der Waals surface area contributed by atoms with Gasteiger partial charge in [0.2, 0.25) is 0 Å². The van der Waals surface area contributed by atoms with Crippen LogP contribution >= 0.6 is 0 Å². The van der Waals surface area contributed by atoms with Crippen LogP contribution in [0.3, 0.4) is 0 Å². The van der Waals surface area contributed by atoms with Crippen molar-refractivity contribution in [1.29, 1.82) is 0 Å². The molecule has 3 rings (SSSR count). The zero-order chi connectivity index (χ0) is 11.0. The topological polar surface area (TPSA) is 24.5 Å². The molecule has 0 bridgehead atoms. The van der Waals surface area contributed by atoms with Crippen LogP contribution in [0.4, 0.5) is 5.69 Å². The Morgan fingerprint density at radius 3 is 3.12 bits per heavy atom. The minimum Gasteiger partial charge on any atom is -0.491 e. The first-order valence-electron chi connectivity index (χ1n) is 6.07. The number of piperazine rings is 1. The van der Waals surface area contributed by atoms with Gasteiger partial charge in [0.25, 0.3) is 0 Å². The second-order valence-corrected chi connectivity index (χ2v) is 4.67. The van der Waals surface area contributed by atoms with Crippen LogP contribution in [0.1, 0.15) is 13.3 Å². The van der Waals surface area contributed by atoms with Gasteiger partial charge in [0.05, 0.1) is 12.3 Å². The maximum absolute atomic E-state index is 5.82. The number of ether oxygens (including phenoxy) is 1. The second-order valence-electron chi connectivity index (χ2n) is 4.67. The third-order valence-corrected chi connectivity index (χ3v) is 3.54. The summed E-state index contributed by atoms with van der Waals surface area (Å²) in [5, 5.41) is 3.50. The molecule has 1 N–H and O–H groups in total. The highest BCUT2D eigenvalue weighted by Gasteiger charge is 2.31. The van der Waals surface area contributed by atoms with Gasteiger partial charge in [0.1, 0.15) is 5.75 Å². The van der Waals surface area contributed by atoms with E-state index >= 15 is 0 Å². The maximum atomic E-state index is 5.82. The molecule has 0 amide bonds. The number of nitrogens with zero attached hydrogens (tertiary/aromatic N) is 1. The molecule has 0 radical (unpaired) electrons. The summed E-state index contributed by atoms with van der Waals surface area (Å²) in [7, 11) is 0. The highest BCUT2D eigenvalue weighted by Crippen LogP contribution is 2.35. The predicted molar refractivity (Wildman–Crippen MR) is 65.2 cm³/mol. The first-order chi connectivity index (χ1) is 7.86. The molecular formula is C13H18N2O. The van der Waals surface area contributed by atoms with Gasteiger partial charge in [0.15, 0.2) is 0 Å². The molecule has 1 unspecified atom stereocenters. The van der Waals surface area contributed by atoms with Crippen LogP contribution in [0.15, 0.2) is 24.3 Å². The van der Waals surface area contributed by atoms with E-state index < -0.39 is 0 Å². The zero-order valence-corrected chi connectivity index (χ0v) is 9.65. The number of para-hydroxylation sites is 2. The van der Waals surface area contributed by atoms with Crippen LogP contribution in [0.5, 0.6) is 5.75 Å². The van der Waals surface area contributed by atoms with E-state index in [-0.39, 0.29) is 0 Å². The third-order valence-electron chi connectivity index (χ3n) is 3.54. The summed E-state index contributed by atoms with van der Waals surface area (Å²) in [5.74, 6) is 1.04. The molecule has 2 aliphatic heterocycles. The molecule has 1 fully saturated rings. The first kappa shape index (κ1) is 9.97. The lowest BCUT2D eigenvalue weighted by Gasteiger charge is -2.41. The summed E-state index contributed by atoms with van der Waals surface area (Å²) in [5.41, 5.74) is 1.26. The van der Waals surface area contributed by atoms with Crippen LogP contribution in [-0.4, -0.2) is 31.8 Å². The fourth-order valence-corrected chi connectivity index (χ4v) is 2.79. The average molecular weight is 218 g/mol. The minimum atomic E-state index is 0.543. The van der Waals surface area contributed by atoms with Crippen LogP contribution in [0, 0.1) is 0 Å². The van der Waals surface area contributed by atoms with E-state index in [2.05, 4.69) is 35.3 Å². The van der Waals surface area contributed by atoms with Crippen molar-refractivity contribution in [2.45, 2.75) is 25.4 Å². The van der Waals surface area contributed by atoms with Crippen LogP contribution in [-0.2, 0) is 0 Å². The summed E-state index contributed by atoms with van der Waals surface area (Å²) in [6.07, 6.45) is 1.10. The summed E-state index contributed by atoms with van der Waals surface area (Å²) in [6, 6.07) is 9.52. The second kappa shape index (κ2) is 3.98. The van der Waals surface area contributed by atoms with Gasteiger partial charge in [-0.15, -0.1) is 0 Å². The number of nitrogens with one attached hydrogen (secondary N) is 1. The summed E-state index contributed by atoms with van der Waals surface area (Å²) < 4.78 is 5.82. The summed E-state index contributed by atoms with van der Waals surface area (Å²) in [6.45, 7) is 5.24. The lowest BCUT2D eigenvalue weighted by molar-refractivity contribution is 0.299. The molecule has 1 saturated heterocycles. The van der Waals surface area contributed by atoms with Gasteiger partial charge < -0.3 is 15.0 Å². The number of anilines is 1. The molecular weight excluding hydrogens is 200 g/mol. The van der Waals surface area contributed by atoms with Crippen molar-refractivity contribution in [1.82, 2.24) is 5.32 Å². The normalized spacial score (nSPS) is 28.7. The van der Waals surface area contributed by atoms with Crippen molar-refractivity contribution in [3.63, 3.8) is 0 Å². The fraction of sp³-hybridized carbons (Fsp3) is 0.538. The summed E-state index contributed by atoms with van der Waals surface area (Å²) >= 11 is 0. The quantitative estimate of drug-likeness (QED) is 0.716. The molecule has 3 heteroatoms. The van der Waals surface area contributed by atoms with Crippen molar-refractivity contribution in [3.05, 3.63) is 24.3 Å². The molecule has 1 aromatic rings. The van der Waals surface area contributed by atoms with Crippen molar-refractivity contribution in [3.8, 4) is 5.75 Å². The first-order valence-corrected chi connectivity index (χ1v) is 6.07. The molecule has 86 valence electrons. The molecule has 0 saturated carbocycles. The Kier molecular flexibility index (Phi) is 2.48. The van der Waals surface area contributed by atoms with Gasteiger partial charge in [-0.25, -0.2) is 0 Å². The molecule has 0 aliphatic carbocycles. The number of fused-ring (bicyclic) bond motifs is 3. The molecule has 1 aromatic carbocycles. The van der Waals surface area contributed by atoms with Gasteiger partial charge in [-0.05, 0) is 19.1 Å². The average Bonchev–Trinajstić information content (AvgIpc) is 2.49. The number of benzene rings is 1. The van der Waals surface area contributed by atoms with E-state index in [1.165, 1.54) is 5.69 Å². The third kappa shape index (κ3) is 1.55. The van der Waals surface area contributed by atoms with E-state index in [1.54, 1.807) is 0 Å². The van der Waals surface area contributed by atoms with E-state index in [4.69, 9.17) is 4.74 Å². The van der Waals surface area contributed by atoms with Crippen molar-refractivity contribution >= 4 is 5.69 Å². The monoisotopic (exact) mass is 218 g/mol. The van der Waals surface area contributed by atoms with Gasteiger partial charge in [-0.2, -0.15) is 0 Å². The lowest BCUT2D eigenvalue weighted by Crippen LogP contribution is -2.56. The van der Waals surface area contributed by atoms with Crippen molar-refractivity contribution < 1.29 is 4.74 Å². The molecule has 16 heavy (non-hydrogen) atoms. The highest BCUT2D eigenvalue weighted by atomic mass is 16.5. The van der Waals surface area contributed by atoms with Crippen LogP contribution in [0.2, 0.25) is 0 Å². The van der Waals surface area contributed by atoms with Crippen LogP contribution < -0.4 is 15.0 Å². The Balaban J connectivity index is 2.03. The van der Waals surface area contributed by atoms with E-state index in [1.807, 2.05) is 6.07 Å². The van der Waals surface area contributed by atoms with Crippen LogP contribution in [0.25, 0.3) is 0 Å². The largest absolute Gasteiger partial charge is 0.491 e. The summed E-state index contributed by atoms with van der Waals surface area (Å²) in [4.78, 5) is 2.53. The van der Waals surface area contributed by atoms with Crippen molar-refractivity contribution in [2.75, 3.05) is 24.6 Å². The minimum absolute atomic E-state index is 0.543. The number of hydrogen-bond donors (Lipinski definition) is 1. The Hall–Kier alpha value is -1.22. The highest BCUT2D eigenvalue weighted by molar-refractivity contribution is 5.60. The number of rotatable bonds is 0. The smallest absolute Gasteiger partial charge is 0.142 e. The van der Waals surface area contributed by atoms with Crippen molar-refractivity contribution in [2.24, 2.45) is 0 Å². The molecule has 2 aliphatic rings. The zero-order valence-electron chi connectivity index (χ0n) is 9.65.